The molecule has 2 N–H and O–H groups in total. The predicted molar refractivity (Wildman–Crippen MR) is 115 cm³/mol. The van der Waals surface area contributed by atoms with E-state index < -0.39 is 12.5 Å². The highest BCUT2D eigenvalue weighted by Crippen LogP contribution is 2.31. The molecule has 2 heterocycles. The molecule has 164 valence electrons. The van der Waals surface area contributed by atoms with Crippen LogP contribution in [0.2, 0.25) is 0 Å². The van der Waals surface area contributed by atoms with E-state index in [0.717, 1.165) is 5.52 Å². The first kappa shape index (κ1) is 21.3. The number of benzene rings is 2. The second kappa shape index (κ2) is 9.06. The maximum absolute atomic E-state index is 12.7. The Balaban J connectivity index is 1.60. The van der Waals surface area contributed by atoms with E-state index in [4.69, 9.17) is 16.5 Å². The van der Waals surface area contributed by atoms with Gasteiger partial charge in [0, 0.05) is 37.2 Å². The lowest BCUT2D eigenvalue weighted by molar-refractivity contribution is -0.0493. The Labute approximate surface area is 185 Å². The quantitative estimate of drug-likeness (QED) is 0.378. The van der Waals surface area contributed by atoms with Crippen LogP contribution in [0.5, 0.6) is 17.2 Å². The summed E-state index contributed by atoms with van der Waals surface area (Å²) in [7, 11) is 1.79. The highest BCUT2D eigenvalue weighted by Gasteiger charge is 2.14. The number of nitrogens with zero attached hydrogens (tertiary/aromatic N) is 3. The van der Waals surface area contributed by atoms with Crippen molar-refractivity contribution in [2.45, 2.75) is 6.61 Å². The molecule has 0 radical (unpaired) electrons. The number of hydrogen-bond donors (Lipinski definition) is 2. The van der Waals surface area contributed by atoms with Gasteiger partial charge in [-0.2, -0.15) is 8.78 Å². The van der Waals surface area contributed by atoms with Crippen LogP contribution in [0.4, 0.5) is 20.4 Å². The van der Waals surface area contributed by atoms with Gasteiger partial charge in [0.2, 0.25) is 5.95 Å². The van der Waals surface area contributed by atoms with Gasteiger partial charge in [-0.15, -0.1) is 0 Å². The molecule has 0 spiro atoms. The zero-order valence-electron chi connectivity index (χ0n) is 16.6. The molecular formula is C21H16ClF2N5O3. The first-order valence-electron chi connectivity index (χ1n) is 9.27. The Hall–Kier alpha value is -3.92. The van der Waals surface area contributed by atoms with Gasteiger partial charge in [0.15, 0.2) is 0 Å². The average molecular weight is 460 g/mol. The number of aromatic nitrogens is 3. The van der Waals surface area contributed by atoms with Crippen LogP contribution in [0.25, 0.3) is 11.0 Å². The molecule has 0 aliphatic rings. The standard InChI is InChI=1S/C21H16ClF2N5O3/c1-29-17-7-6-12(31-13-8-9-25-16(11-13)19(30)28-22)10-15(17)27-21(29)26-14-4-2-3-5-18(14)32-20(23)24/h2-11,20H,1H3,(H,26,27)(H,28,30). The third-order valence-corrected chi connectivity index (χ3v) is 4.66. The zero-order valence-corrected chi connectivity index (χ0v) is 17.3. The summed E-state index contributed by atoms with van der Waals surface area (Å²) < 4.78 is 37.5. The number of fused-ring (bicyclic) bond motifs is 1. The summed E-state index contributed by atoms with van der Waals surface area (Å²) in [6.45, 7) is -2.94. The number of anilines is 2. The van der Waals surface area contributed by atoms with E-state index in [2.05, 4.69) is 20.0 Å². The van der Waals surface area contributed by atoms with Crippen molar-refractivity contribution < 1.29 is 23.0 Å². The number of halogens is 3. The number of aryl methyl sites for hydroxylation is 1. The van der Waals surface area contributed by atoms with E-state index in [9.17, 15) is 13.6 Å². The number of carbonyl (C=O) groups is 1. The summed E-state index contributed by atoms with van der Waals surface area (Å²) >= 11 is 5.33. The lowest BCUT2D eigenvalue weighted by Gasteiger charge is -2.12. The molecule has 0 saturated heterocycles. The van der Waals surface area contributed by atoms with Crippen molar-refractivity contribution in [3.63, 3.8) is 0 Å². The Kier molecular flexibility index (Phi) is 6.04. The molecule has 0 aliphatic heterocycles. The SMILES string of the molecule is Cn1c(Nc2ccccc2OC(F)F)nc2cc(Oc3ccnc(C(=O)NCl)c3)ccc21. The van der Waals surface area contributed by atoms with Crippen LogP contribution in [0.1, 0.15) is 10.5 Å². The van der Waals surface area contributed by atoms with E-state index >= 15 is 0 Å². The van der Waals surface area contributed by atoms with Crippen LogP contribution in [-0.2, 0) is 7.05 Å². The Morgan fingerprint density at radius 3 is 2.69 bits per heavy atom. The van der Waals surface area contributed by atoms with Gasteiger partial charge in [-0.05, 0) is 30.3 Å². The molecule has 0 atom stereocenters. The summed E-state index contributed by atoms with van der Waals surface area (Å²) in [5, 5.41) is 3.02. The third kappa shape index (κ3) is 4.54. The lowest BCUT2D eigenvalue weighted by Crippen LogP contribution is -2.13. The van der Waals surface area contributed by atoms with Gasteiger partial charge in [0.25, 0.3) is 5.91 Å². The second-order valence-corrected chi connectivity index (χ2v) is 6.74. The number of carbonyl (C=O) groups excluding carboxylic acids is 1. The molecule has 4 rings (SSSR count). The minimum Gasteiger partial charge on any atom is -0.457 e. The van der Waals surface area contributed by atoms with Crippen LogP contribution in [-0.4, -0.2) is 27.1 Å². The number of alkyl halides is 2. The van der Waals surface area contributed by atoms with Crippen LogP contribution >= 0.6 is 11.8 Å². The fourth-order valence-corrected chi connectivity index (χ4v) is 3.12. The topological polar surface area (TPSA) is 90.3 Å². The minimum absolute atomic E-state index is 0.00746. The molecule has 4 aromatic rings. The van der Waals surface area contributed by atoms with Crippen LogP contribution in [0, 0.1) is 0 Å². The van der Waals surface area contributed by atoms with Crippen molar-refractivity contribution in [1.82, 2.24) is 19.4 Å². The van der Waals surface area contributed by atoms with Crippen molar-refractivity contribution >= 4 is 40.4 Å². The first-order chi connectivity index (χ1) is 15.4. The maximum Gasteiger partial charge on any atom is 0.387 e. The Bertz CT molecular complexity index is 1280. The molecule has 2 aromatic carbocycles. The summed E-state index contributed by atoms with van der Waals surface area (Å²) in [6, 6.07) is 14.7. The van der Waals surface area contributed by atoms with Crippen molar-refractivity contribution in [2.24, 2.45) is 7.05 Å². The van der Waals surface area contributed by atoms with E-state index in [0.29, 0.717) is 28.7 Å². The molecule has 0 saturated carbocycles. The number of pyridine rings is 1. The Morgan fingerprint density at radius 1 is 1.12 bits per heavy atom. The van der Waals surface area contributed by atoms with Crippen molar-refractivity contribution in [2.75, 3.05) is 5.32 Å². The fourth-order valence-electron chi connectivity index (χ4n) is 3.03. The van der Waals surface area contributed by atoms with Crippen LogP contribution in [0.15, 0.2) is 60.8 Å². The highest BCUT2D eigenvalue weighted by molar-refractivity contribution is 6.23. The van der Waals surface area contributed by atoms with Gasteiger partial charge in [-0.25, -0.2) is 4.98 Å². The largest absolute Gasteiger partial charge is 0.457 e. The van der Waals surface area contributed by atoms with Gasteiger partial charge >= 0.3 is 6.61 Å². The summed E-state index contributed by atoms with van der Waals surface area (Å²) in [4.78, 5) is 22.1. The number of hydrogen-bond acceptors (Lipinski definition) is 6. The third-order valence-electron chi connectivity index (χ3n) is 4.49. The number of para-hydroxylation sites is 2. The van der Waals surface area contributed by atoms with E-state index in [-0.39, 0.29) is 11.4 Å². The molecule has 0 bridgehead atoms. The number of imidazole rings is 1. The summed E-state index contributed by atoms with van der Waals surface area (Å²) in [5.74, 6) is 0.749. The fraction of sp³-hybridized carbons (Fsp3) is 0.0952. The summed E-state index contributed by atoms with van der Waals surface area (Å²) in [5.41, 5.74) is 1.84. The molecule has 0 fully saturated rings. The second-order valence-electron chi connectivity index (χ2n) is 6.55. The smallest absolute Gasteiger partial charge is 0.387 e. The van der Waals surface area contributed by atoms with Crippen molar-refractivity contribution in [3.8, 4) is 17.2 Å². The van der Waals surface area contributed by atoms with Crippen molar-refractivity contribution in [3.05, 3.63) is 66.5 Å². The van der Waals surface area contributed by atoms with Crippen LogP contribution < -0.4 is 19.6 Å². The molecule has 8 nitrogen and oxygen atoms in total. The van der Waals surface area contributed by atoms with Crippen molar-refractivity contribution in [1.29, 1.82) is 0 Å². The minimum atomic E-state index is -2.94. The zero-order chi connectivity index (χ0) is 22.7. The highest BCUT2D eigenvalue weighted by atomic mass is 35.5. The monoisotopic (exact) mass is 459 g/mol. The number of rotatable bonds is 7. The number of ether oxygens (including phenoxy) is 2. The maximum atomic E-state index is 12.7. The van der Waals surface area contributed by atoms with Gasteiger partial charge < -0.3 is 19.4 Å². The van der Waals surface area contributed by atoms with Crippen LogP contribution in [0.3, 0.4) is 0 Å². The normalized spacial score (nSPS) is 10.9. The van der Waals surface area contributed by atoms with E-state index in [1.54, 1.807) is 54.1 Å². The molecular weight excluding hydrogens is 444 g/mol. The number of amides is 1. The van der Waals surface area contributed by atoms with E-state index in [1.807, 2.05) is 4.84 Å². The molecule has 2 aromatic heterocycles. The molecule has 0 aliphatic carbocycles. The van der Waals surface area contributed by atoms with Gasteiger partial charge in [-0.1, -0.05) is 12.1 Å². The molecule has 32 heavy (non-hydrogen) atoms. The summed E-state index contributed by atoms with van der Waals surface area (Å²) in [6.07, 6.45) is 1.43. The van der Waals surface area contributed by atoms with Gasteiger partial charge in [-0.3, -0.25) is 14.6 Å². The molecule has 0 unspecified atom stereocenters. The van der Waals surface area contributed by atoms with Gasteiger partial charge in [0.05, 0.1) is 16.7 Å². The molecule has 11 heteroatoms. The lowest BCUT2D eigenvalue weighted by atomic mass is 10.3. The van der Waals surface area contributed by atoms with E-state index in [1.165, 1.54) is 18.3 Å². The first-order valence-corrected chi connectivity index (χ1v) is 9.64. The van der Waals surface area contributed by atoms with Gasteiger partial charge in [0.1, 0.15) is 22.9 Å². The Morgan fingerprint density at radius 2 is 1.91 bits per heavy atom. The average Bonchev–Trinajstić information content (AvgIpc) is 3.09. The number of nitrogens with one attached hydrogen (secondary N) is 2. The predicted octanol–water partition coefficient (Wildman–Crippen LogP) is 4.99. The molecule has 1 amide bonds.